The number of carbonyl (C=O) groups is 1. The Morgan fingerprint density at radius 1 is 1.29 bits per heavy atom. The van der Waals surface area contributed by atoms with E-state index in [0.29, 0.717) is 12.3 Å². The van der Waals surface area contributed by atoms with Crippen LogP contribution in [0.4, 0.5) is 5.69 Å². The van der Waals surface area contributed by atoms with Gasteiger partial charge in [0.05, 0.1) is 5.69 Å². The monoisotopic (exact) mass is 319 g/mol. The van der Waals surface area contributed by atoms with Crippen molar-refractivity contribution in [2.75, 3.05) is 5.32 Å². The number of rotatable bonds is 3. The van der Waals surface area contributed by atoms with Gasteiger partial charge in [0.1, 0.15) is 0 Å². The molecule has 0 unspecified atom stereocenters. The zero-order valence-electron chi connectivity index (χ0n) is 7.97. The van der Waals surface area contributed by atoms with Crippen LogP contribution in [0.1, 0.15) is 25.3 Å². The highest BCUT2D eigenvalue weighted by Gasteiger charge is 2.08. The summed E-state index contributed by atoms with van der Waals surface area (Å²) in [5, 5.41) is 2.64. The highest BCUT2D eigenvalue weighted by atomic mass is 79.9. The predicted octanol–water partition coefficient (Wildman–Crippen LogP) is 3.90. The van der Waals surface area contributed by atoms with E-state index in [0.717, 1.165) is 14.6 Å². The molecule has 0 atom stereocenters. The van der Waals surface area contributed by atoms with Crippen LogP contribution in [-0.2, 0) is 4.79 Å². The molecule has 0 aliphatic carbocycles. The second-order valence-electron chi connectivity index (χ2n) is 3.28. The number of hydrogen-bond acceptors (Lipinski definition) is 1. The Hall–Kier alpha value is -0.350. The van der Waals surface area contributed by atoms with E-state index in [9.17, 15) is 4.79 Å². The normalized spacial score (nSPS) is 10.4. The Kier molecular flexibility index (Phi) is 4.13. The molecule has 2 nitrogen and oxygen atoms in total. The first-order valence-electron chi connectivity index (χ1n) is 4.25. The van der Waals surface area contributed by atoms with Crippen LogP contribution in [-0.4, -0.2) is 6.41 Å². The van der Waals surface area contributed by atoms with Crippen LogP contribution in [0.3, 0.4) is 0 Å². The lowest BCUT2D eigenvalue weighted by Crippen LogP contribution is -1.98. The maximum absolute atomic E-state index is 10.3. The molecule has 1 rings (SSSR count). The van der Waals surface area contributed by atoms with Crippen LogP contribution in [0.2, 0.25) is 0 Å². The van der Waals surface area contributed by atoms with E-state index >= 15 is 0 Å². The molecular formula is C10H11Br2NO. The van der Waals surface area contributed by atoms with Crippen molar-refractivity contribution in [2.24, 2.45) is 0 Å². The topological polar surface area (TPSA) is 29.1 Å². The third-order valence-electron chi connectivity index (χ3n) is 1.93. The van der Waals surface area contributed by atoms with E-state index in [2.05, 4.69) is 51.0 Å². The highest BCUT2D eigenvalue weighted by Crippen LogP contribution is 2.34. The van der Waals surface area contributed by atoms with Crippen LogP contribution in [0.25, 0.3) is 0 Å². The van der Waals surface area contributed by atoms with Gasteiger partial charge in [-0.25, -0.2) is 0 Å². The molecule has 0 aliphatic heterocycles. The third kappa shape index (κ3) is 2.58. The SMILES string of the molecule is CC(C)c1cc(Br)c(NC=O)c(Br)c1. The molecular weight excluding hydrogens is 310 g/mol. The standard InChI is InChI=1S/C10H11Br2NO/c1-6(2)7-3-8(11)10(13-5-14)9(12)4-7/h3-6H,1-2H3,(H,13,14). The Morgan fingerprint density at radius 3 is 2.14 bits per heavy atom. The number of anilines is 1. The summed E-state index contributed by atoms with van der Waals surface area (Å²) in [6, 6.07) is 4.03. The zero-order valence-corrected chi connectivity index (χ0v) is 11.1. The summed E-state index contributed by atoms with van der Waals surface area (Å²) in [4.78, 5) is 10.3. The van der Waals surface area contributed by atoms with Gasteiger partial charge in [-0.1, -0.05) is 13.8 Å². The Labute approximate surface area is 100 Å². The Balaban J connectivity index is 3.17. The van der Waals surface area contributed by atoms with Crippen molar-refractivity contribution in [2.45, 2.75) is 19.8 Å². The molecule has 0 aliphatic rings. The zero-order chi connectivity index (χ0) is 10.7. The summed E-state index contributed by atoms with van der Waals surface area (Å²) in [6.45, 7) is 4.25. The van der Waals surface area contributed by atoms with Gasteiger partial charge in [0, 0.05) is 8.95 Å². The van der Waals surface area contributed by atoms with Crippen molar-refractivity contribution in [3.63, 3.8) is 0 Å². The van der Waals surface area contributed by atoms with Gasteiger partial charge >= 0.3 is 0 Å². The van der Waals surface area contributed by atoms with Crippen LogP contribution in [0.5, 0.6) is 0 Å². The summed E-state index contributed by atoms with van der Waals surface area (Å²) in [7, 11) is 0. The fourth-order valence-electron chi connectivity index (χ4n) is 1.12. The van der Waals surface area contributed by atoms with Gasteiger partial charge in [0.15, 0.2) is 0 Å². The Bertz CT molecular complexity index is 327. The summed E-state index contributed by atoms with van der Waals surface area (Å²) in [5.74, 6) is 0.466. The predicted molar refractivity (Wildman–Crippen MR) is 65.6 cm³/mol. The molecule has 76 valence electrons. The van der Waals surface area contributed by atoms with Gasteiger partial charge in [-0.2, -0.15) is 0 Å². The maximum Gasteiger partial charge on any atom is 0.211 e. The average Bonchev–Trinajstić information content (AvgIpc) is 2.10. The summed E-state index contributed by atoms with van der Waals surface area (Å²) in [6.07, 6.45) is 0.667. The molecule has 1 aromatic carbocycles. The second kappa shape index (κ2) is 4.94. The maximum atomic E-state index is 10.3. The fraction of sp³-hybridized carbons (Fsp3) is 0.300. The van der Waals surface area contributed by atoms with Crippen molar-refractivity contribution in [3.05, 3.63) is 26.6 Å². The van der Waals surface area contributed by atoms with Crippen LogP contribution in [0.15, 0.2) is 21.1 Å². The lowest BCUT2D eigenvalue weighted by Gasteiger charge is -2.11. The van der Waals surface area contributed by atoms with E-state index in [4.69, 9.17) is 0 Å². The molecule has 1 amide bonds. The Morgan fingerprint density at radius 2 is 1.79 bits per heavy atom. The summed E-state index contributed by atoms with van der Waals surface area (Å²) < 4.78 is 1.78. The van der Waals surface area contributed by atoms with Crippen molar-refractivity contribution in [3.8, 4) is 0 Å². The van der Waals surface area contributed by atoms with Gasteiger partial charge in [-0.15, -0.1) is 0 Å². The number of hydrogen-bond donors (Lipinski definition) is 1. The van der Waals surface area contributed by atoms with Crippen LogP contribution in [0, 0.1) is 0 Å². The molecule has 1 aromatic rings. The van der Waals surface area contributed by atoms with Gasteiger partial charge in [-0.05, 0) is 55.5 Å². The van der Waals surface area contributed by atoms with E-state index in [1.54, 1.807) is 0 Å². The van der Waals surface area contributed by atoms with Gasteiger partial charge in [0.25, 0.3) is 0 Å². The molecule has 0 bridgehead atoms. The lowest BCUT2D eigenvalue weighted by atomic mass is 10.0. The first-order valence-corrected chi connectivity index (χ1v) is 5.84. The first kappa shape index (κ1) is 11.7. The number of nitrogens with one attached hydrogen (secondary N) is 1. The molecule has 0 saturated carbocycles. The quantitative estimate of drug-likeness (QED) is 0.841. The minimum atomic E-state index is 0.466. The largest absolute Gasteiger partial charge is 0.327 e. The molecule has 0 saturated heterocycles. The lowest BCUT2D eigenvalue weighted by molar-refractivity contribution is -0.105. The van der Waals surface area contributed by atoms with Gasteiger partial charge < -0.3 is 5.32 Å². The van der Waals surface area contributed by atoms with Crippen molar-refractivity contribution < 1.29 is 4.79 Å². The minimum Gasteiger partial charge on any atom is -0.327 e. The number of amides is 1. The molecule has 14 heavy (non-hydrogen) atoms. The molecule has 1 N–H and O–H groups in total. The number of carbonyl (C=O) groups excluding carboxylic acids is 1. The van der Waals surface area contributed by atoms with Crippen LogP contribution >= 0.6 is 31.9 Å². The highest BCUT2D eigenvalue weighted by molar-refractivity contribution is 9.11. The van der Waals surface area contributed by atoms with Gasteiger partial charge in [-0.3, -0.25) is 4.79 Å². The summed E-state index contributed by atoms with van der Waals surface area (Å²) >= 11 is 6.83. The summed E-state index contributed by atoms with van der Waals surface area (Å²) in [5.41, 5.74) is 1.99. The fourth-order valence-corrected chi connectivity index (χ4v) is 2.57. The number of benzene rings is 1. The average molecular weight is 321 g/mol. The van der Waals surface area contributed by atoms with E-state index in [-0.39, 0.29) is 0 Å². The molecule has 4 heteroatoms. The minimum absolute atomic E-state index is 0.466. The molecule has 0 spiro atoms. The molecule has 0 heterocycles. The number of halogens is 2. The first-order chi connectivity index (χ1) is 6.56. The smallest absolute Gasteiger partial charge is 0.211 e. The second-order valence-corrected chi connectivity index (χ2v) is 4.99. The van der Waals surface area contributed by atoms with E-state index in [1.807, 2.05) is 12.1 Å². The third-order valence-corrected chi connectivity index (χ3v) is 3.19. The molecule has 0 aromatic heterocycles. The van der Waals surface area contributed by atoms with Crippen molar-refractivity contribution in [1.29, 1.82) is 0 Å². The van der Waals surface area contributed by atoms with Crippen molar-refractivity contribution >= 4 is 44.0 Å². The van der Waals surface area contributed by atoms with Crippen molar-refractivity contribution in [1.82, 2.24) is 0 Å². The molecule has 0 fully saturated rings. The van der Waals surface area contributed by atoms with Crippen LogP contribution < -0.4 is 5.32 Å². The van der Waals surface area contributed by atoms with E-state index < -0.39 is 0 Å². The van der Waals surface area contributed by atoms with E-state index in [1.165, 1.54) is 5.56 Å². The van der Waals surface area contributed by atoms with Gasteiger partial charge in [0.2, 0.25) is 6.41 Å². The molecule has 0 radical (unpaired) electrons.